The Bertz CT molecular complexity index is 1390. The molecule has 1 N–H and O–H groups in total. The summed E-state index contributed by atoms with van der Waals surface area (Å²) >= 11 is 12.7. The van der Waals surface area contributed by atoms with E-state index in [1.165, 1.54) is 11.4 Å². The van der Waals surface area contributed by atoms with Gasteiger partial charge in [-0.15, -0.1) is 0 Å². The van der Waals surface area contributed by atoms with Crippen molar-refractivity contribution in [2.45, 2.75) is 58.5 Å². The number of amides is 1. The van der Waals surface area contributed by atoms with Crippen LogP contribution in [0.3, 0.4) is 0 Å². The van der Waals surface area contributed by atoms with Crippen LogP contribution < -0.4 is 5.32 Å². The zero-order valence-corrected chi connectivity index (χ0v) is 27.2. The summed E-state index contributed by atoms with van der Waals surface area (Å²) < 4.78 is 34.4. The highest BCUT2D eigenvalue weighted by Crippen LogP contribution is 2.53. The lowest BCUT2D eigenvalue weighted by Gasteiger charge is -2.54. The van der Waals surface area contributed by atoms with Crippen LogP contribution in [0.4, 0.5) is 0 Å². The third-order valence-corrected chi connectivity index (χ3v) is 10.9. The molecule has 2 saturated heterocycles. The largest absolute Gasteiger partial charge is 0.469 e. The zero-order chi connectivity index (χ0) is 30.9. The summed E-state index contributed by atoms with van der Waals surface area (Å²) in [6.07, 6.45) is 0.205. The number of halogens is 2. The van der Waals surface area contributed by atoms with Gasteiger partial charge in [0.05, 0.1) is 36.8 Å². The van der Waals surface area contributed by atoms with Gasteiger partial charge < -0.3 is 15.0 Å². The molecule has 2 aliphatic heterocycles. The number of carbonyl (C=O) groups excluding carboxylic acids is 2. The number of carbonyl (C=O) groups is 2. The number of piperidine rings is 1. The number of esters is 1. The highest BCUT2D eigenvalue weighted by Gasteiger charge is 2.55. The number of nitrogens with zero attached hydrogens (tertiary/aromatic N) is 2. The molecule has 0 radical (unpaired) electrons. The van der Waals surface area contributed by atoms with Crippen LogP contribution in [0, 0.1) is 10.8 Å². The summed E-state index contributed by atoms with van der Waals surface area (Å²) in [5.74, 6) is -1.32. The molecule has 0 unspecified atom stereocenters. The number of benzene rings is 2. The third-order valence-electron chi connectivity index (χ3n) is 8.53. The van der Waals surface area contributed by atoms with E-state index in [4.69, 9.17) is 27.9 Å². The minimum atomic E-state index is -3.74. The molecule has 0 bridgehead atoms. The van der Waals surface area contributed by atoms with Crippen LogP contribution in [0.15, 0.2) is 48.5 Å². The number of piperazine rings is 1. The maximum atomic E-state index is 14.8. The van der Waals surface area contributed by atoms with Gasteiger partial charge in [0, 0.05) is 42.1 Å². The second-order valence-electron chi connectivity index (χ2n) is 12.7. The topological polar surface area (TPSA) is 96.0 Å². The average molecular weight is 639 g/mol. The number of sulfonamides is 1. The molecule has 0 aromatic heterocycles. The van der Waals surface area contributed by atoms with E-state index >= 15 is 0 Å². The fourth-order valence-electron chi connectivity index (χ4n) is 6.26. The Kier molecular flexibility index (Phi) is 10.00. The van der Waals surface area contributed by atoms with Crippen LogP contribution in [-0.2, 0) is 24.3 Å². The molecule has 0 aliphatic carbocycles. The molecule has 0 saturated carbocycles. The van der Waals surface area contributed by atoms with Crippen molar-refractivity contribution in [3.05, 3.63) is 69.7 Å². The quantitative estimate of drug-likeness (QED) is 0.396. The van der Waals surface area contributed by atoms with Gasteiger partial charge in [-0.05, 0) is 47.2 Å². The van der Waals surface area contributed by atoms with E-state index in [1.54, 1.807) is 30.0 Å². The molecule has 2 heterocycles. The van der Waals surface area contributed by atoms with Crippen LogP contribution in [-0.4, -0.2) is 74.6 Å². The van der Waals surface area contributed by atoms with E-state index < -0.39 is 38.9 Å². The zero-order valence-electron chi connectivity index (χ0n) is 24.9. The first-order valence-electron chi connectivity index (χ1n) is 14.3. The molecule has 4 atom stereocenters. The van der Waals surface area contributed by atoms with Crippen molar-refractivity contribution in [1.29, 1.82) is 0 Å². The predicted molar refractivity (Wildman–Crippen MR) is 166 cm³/mol. The lowest BCUT2D eigenvalue weighted by Crippen LogP contribution is -2.61. The van der Waals surface area contributed by atoms with Gasteiger partial charge in [0.1, 0.15) is 0 Å². The number of rotatable bonds is 8. The number of methoxy groups -OCH3 is 1. The monoisotopic (exact) mass is 637 g/mol. The number of hydrogen-bond acceptors (Lipinski definition) is 6. The molecule has 4 rings (SSSR count). The van der Waals surface area contributed by atoms with E-state index in [9.17, 15) is 18.0 Å². The minimum Gasteiger partial charge on any atom is -0.469 e. The van der Waals surface area contributed by atoms with Crippen molar-refractivity contribution in [3.63, 3.8) is 0 Å². The van der Waals surface area contributed by atoms with Crippen molar-refractivity contribution >= 4 is 45.1 Å². The van der Waals surface area contributed by atoms with Gasteiger partial charge >= 0.3 is 5.97 Å². The first kappa shape index (κ1) is 32.7. The molecule has 2 aromatic carbocycles. The van der Waals surface area contributed by atoms with Crippen molar-refractivity contribution in [2.75, 3.05) is 39.0 Å². The first-order valence-corrected chi connectivity index (χ1v) is 16.6. The van der Waals surface area contributed by atoms with E-state index in [1.807, 2.05) is 51.1 Å². The maximum absolute atomic E-state index is 14.8. The van der Waals surface area contributed by atoms with Crippen LogP contribution >= 0.6 is 23.2 Å². The molecular formula is C31H41Cl2N3O5S. The lowest BCUT2D eigenvalue weighted by atomic mass is 9.66. The number of ether oxygens (including phenoxy) is 1. The molecule has 2 aromatic rings. The van der Waals surface area contributed by atoms with E-state index in [0.29, 0.717) is 42.6 Å². The Morgan fingerprint density at radius 2 is 1.71 bits per heavy atom. The van der Waals surface area contributed by atoms with Crippen LogP contribution in [0.25, 0.3) is 0 Å². The third kappa shape index (κ3) is 7.13. The Labute approximate surface area is 259 Å². The van der Waals surface area contributed by atoms with E-state index in [-0.39, 0.29) is 24.0 Å². The molecule has 42 heavy (non-hydrogen) atoms. The Hall–Kier alpha value is -2.17. The van der Waals surface area contributed by atoms with E-state index in [2.05, 4.69) is 5.32 Å². The first-order chi connectivity index (χ1) is 19.7. The highest BCUT2D eigenvalue weighted by atomic mass is 35.5. The molecule has 8 nitrogen and oxygen atoms in total. The van der Waals surface area contributed by atoms with Crippen molar-refractivity contribution in [3.8, 4) is 0 Å². The second kappa shape index (κ2) is 12.8. The number of hydrogen-bond donors (Lipinski definition) is 1. The molecule has 1 amide bonds. The number of likely N-dealkylation sites (tertiary alicyclic amines) is 1. The van der Waals surface area contributed by atoms with Gasteiger partial charge in [0.25, 0.3) is 0 Å². The molecule has 0 spiro atoms. The molecular weight excluding hydrogens is 597 g/mol. The van der Waals surface area contributed by atoms with Crippen molar-refractivity contribution in [1.82, 2.24) is 14.5 Å². The molecule has 2 fully saturated rings. The van der Waals surface area contributed by atoms with Crippen molar-refractivity contribution in [2.24, 2.45) is 10.8 Å². The highest BCUT2D eigenvalue weighted by molar-refractivity contribution is 7.89. The SMILES string of the molecule is COC(=O)C[C@@]1(C)C[C@H](c2cccc(Cl)c2)[C@@H](c2ccc(Cl)cc2)N([C@H](CS(=O)(=O)N2CCNCC2)C(C)(C)C)C1=O. The van der Waals surface area contributed by atoms with Gasteiger partial charge in [0.2, 0.25) is 15.9 Å². The lowest BCUT2D eigenvalue weighted by molar-refractivity contribution is -0.163. The van der Waals surface area contributed by atoms with Gasteiger partial charge in [-0.3, -0.25) is 9.59 Å². The van der Waals surface area contributed by atoms with Gasteiger partial charge in [0.15, 0.2) is 0 Å². The normalized spacial score (nSPS) is 24.8. The van der Waals surface area contributed by atoms with Gasteiger partial charge in [-0.2, -0.15) is 4.31 Å². The summed E-state index contributed by atoms with van der Waals surface area (Å²) in [6, 6.07) is 13.6. The molecule has 11 heteroatoms. The number of nitrogens with one attached hydrogen (secondary N) is 1. The van der Waals surface area contributed by atoms with Gasteiger partial charge in [-0.25, -0.2) is 8.42 Å². The van der Waals surface area contributed by atoms with Crippen molar-refractivity contribution < 1.29 is 22.7 Å². The van der Waals surface area contributed by atoms with Crippen LogP contribution in [0.2, 0.25) is 10.0 Å². The Morgan fingerprint density at radius 3 is 2.29 bits per heavy atom. The Balaban J connectivity index is 1.94. The molecule has 230 valence electrons. The summed E-state index contributed by atoms with van der Waals surface area (Å²) in [6.45, 7) is 9.54. The average Bonchev–Trinajstić information content (AvgIpc) is 2.93. The fraction of sp³-hybridized carbons (Fsp3) is 0.548. The standard InChI is InChI=1S/C31H41Cl2N3O5S/c1-30(2,3)26(20-42(39,40)35-15-13-34-14-16-35)36-28(21-9-11-23(32)12-10-21)25(22-7-6-8-24(33)17-22)18-31(4,29(36)38)19-27(37)41-5/h6-12,17,25-26,28,34H,13-16,18-20H2,1-5H3/t25-,26-,28-,31-/m1/s1. The Morgan fingerprint density at radius 1 is 1.07 bits per heavy atom. The van der Waals surface area contributed by atoms with E-state index in [0.717, 1.165) is 11.1 Å². The smallest absolute Gasteiger partial charge is 0.306 e. The predicted octanol–water partition coefficient (Wildman–Crippen LogP) is 5.27. The maximum Gasteiger partial charge on any atom is 0.306 e. The van der Waals surface area contributed by atoms with Gasteiger partial charge in [-0.1, -0.05) is 75.2 Å². The van der Waals surface area contributed by atoms with Crippen LogP contribution in [0.1, 0.15) is 63.6 Å². The summed E-state index contributed by atoms with van der Waals surface area (Å²) in [4.78, 5) is 29.2. The second-order valence-corrected chi connectivity index (χ2v) is 15.6. The summed E-state index contributed by atoms with van der Waals surface area (Å²) in [7, 11) is -2.43. The fourth-order valence-corrected chi connectivity index (χ4v) is 8.59. The minimum absolute atomic E-state index is 0.134. The summed E-state index contributed by atoms with van der Waals surface area (Å²) in [5, 5.41) is 4.30. The molecule has 2 aliphatic rings. The summed E-state index contributed by atoms with van der Waals surface area (Å²) in [5.41, 5.74) is -0.0601. The van der Waals surface area contributed by atoms with Crippen LogP contribution in [0.5, 0.6) is 0 Å².